The van der Waals surface area contributed by atoms with Gasteiger partial charge in [0.15, 0.2) is 0 Å². The summed E-state index contributed by atoms with van der Waals surface area (Å²) in [5, 5.41) is 3.42. The van der Waals surface area contributed by atoms with E-state index in [1.54, 1.807) is 0 Å². The predicted molar refractivity (Wildman–Crippen MR) is 86.2 cm³/mol. The van der Waals surface area contributed by atoms with E-state index in [0.717, 1.165) is 19.5 Å². The second kappa shape index (κ2) is 7.07. The number of hydrogen-bond donors (Lipinski definition) is 1. The SMILES string of the molecule is CCNCc1cc(CC)nc(N2C(C)CCC2CC)c1. The highest BCUT2D eigenvalue weighted by Gasteiger charge is 2.30. The van der Waals surface area contributed by atoms with Crippen molar-refractivity contribution < 1.29 is 0 Å². The quantitative estimate of drug-likeness (QED) is 0.861. The number of nitrogens with zero attached hydrogens (tertiary/aromatic N) is 2. The minimum Gasteiger partial charge on any atom is -0.351 e. The zero-order valence-corrected chi connectivity index (χ0v) is 13.4. The van der Waals surface area contributed by atoms with Gasteiger partial charge in [0.2, 0.25) is 0 Å². The zero-order valence-electron chi connectivity index (χ0n) is 13.4. The Morgan fingerprint density at radius 3 is 2.70 bits per heavy atom. The van der Waals surface area contributed by atoms with E-state index in [2.05, 4.69) is 50.0 Å². The maximum atomic E-state index is 4.89. The molecule has 2 heterocycles. The number of rotatable bonds is 6. The third kappa shape index (κ3) is 3.32. The van der Waals surface area contributed by atoms with Crippen LogP contribution in [0.25, 0.3) is 0 Å². The average Bonchev–Trinajstić information content (AvgIpc) is 2.85. The summed E-state index contributed by atoms with van der Waals surface area (Å²) in [6, 6.07) is 5.81. The molecule has 1 aromatic heterocycles. The van der Waals surface area contributed by atoms with E-state index in [4.69, 9.17) is 4.98 Å². The van der Waals surface area contributed by atoms with Gasteiger partial charge >= 0.3 is 0 Å². The van der Waals surface area contributed by atoms with E-state index in [1.807, 2.05) is 0 Å². The molecule has 3 nitrogen and oxygen atoms in total. The van der Waals surface area contributed by atoms with Crippen LogP contribution in [0, 0.1) is 0 Å². The van der Waals surface area contributed by atoms with E-state index in [-0.39, 0.29) is 0 Å². The van der Waals surface area contributed by atoms with Crippen LogP contribution in [-0.2, 0) is 13.0 Å². The lowest BCUT2D eigenvalue weighted by Gasteiger charge is -2.30. The van der Waals surface area contributed by atoms with Crippen LogP contribution in [0.1, 0.15) is 58.2 Å². The average molecular weight is 275 g/mol. The number of anilines is 1. The van der Waals surface area contributed by atoms with Crippen molar-refractivity contribution in [2.24, 2.45) is 0 Å². The van der Waals surface area contributed by atoms with Crippen molar-refractivity contribution in [3.8, 4) is 0 Å². The normalized spacial score (nSPS) is 22.5. The monoisotopic (exact) mass is 275 g/mol. The van der Waals surface area contributed by atoms with Gasteiger partial charge in [0.25, 0.3) is 0 Å². The molecular formula is C17H29N3. The van der Waals surface area contributed by atoms with Gasteiger partial charge in [-0.05, 0) is 56.8 Å². The van der Waals surface area contributed by atoms with Crippen LogP contribution in [0.15, 0.2) is 12.1 Å². The number of aryl methyl sites for hydroxylation is 1. The number of aromatic nitrogens is 1. The molecule has 0 amide bonds. The van der Waals surface area contributed by atoms with Gasteiger partial charge in [-0.3, -0.25) is 0 Å². The zero-order chi connectivity index (χ0) is 14.5. The molecular weight excluding hydrogens is 246 g/mol. The molecule has 1 saturated heterocycles. The van der Waals surface area contributed by atoms with Crippen LogP contribution in [0.5, 0.6) is 0 Å². The summed E-state index contributed by atoms with van der Waals surface area (Å²) in [7, 11) is 0. The Hall–Kier alpha value is -1.09. The molecule has 1 fully saturated rings. The van der Waals surface area contributed by atoms with Crippen LogP contribution in [0.2, 0.25) is 0 Å². The number of nitrogens with one attached hydrogen (secondary N) is 1. The highest BCUT2D eigenvalue weighted by molar-refractivity contribution is 5.46. The van der Waals surface area contributed by atoms with Gasteiger partial charge in [-0.2, -0.15) is 0 Å². The van der Waals surface area contributed by atoms with E-state index >= 15 is 0 Å². The van der Waals surface area contributed by atoms with E-state index < -0.39 is 0 Å². The van der Waals surface area contributed by atoms with Crippen molar-refractivity contribution in [3.63, 3.8) is 0 Å². The first-order valence-corrected chi connectivity index (χ1v) is 8.18. The van der Waals surface area contributed by atoms with Gasteiger partial charge in [-0.1, -0.05) is 20.8 Å². The van der Waals surface area contributed by atoms with Crippen LogP contribution in [-0.4, -0.2) is 23.6 Å². The molecule has 0 saturated carbocycles. The van der Waals surface area contributed by atoms with E-state index in [0.29, 0.717) is 12.1 Å². The van der Waals surface area contributed by atoms with Gasteiger partial charge in [0.1, 0.15) is 5.82 Å². The molecule has 2 unspecified atom stereocenters. The van der Waals surface area contributed by atoms with Crippen LogP contribution >= 0.6 is 0 Å². The molecule has 0 aromatic carbocycles. The summed E-state index contributed by atoms with van der Waals surface area (Å²) in [6.45, 7) is 10.9. The predicted octanol–water partition coefficient (Wildman–Crippen LogP) is 3.52. The first-order valence-electron chi connectivity index (χ1n) is 8.18. The second-order valence-electron chi connectivity index (χ2n) is 5.85. The summed E-state index contributed by atoms with van der Waals surface area (Å²) in [6.07, 6.45) is 4.81. The fourth-order valence-corrected chi connectivity index (χ4v) is 3.20. The van der Waals surface area contributed by atoms with Gasteiger partial charge < -0.3 is 10.2 Å². The van der Waals surface area contributed by atoms with Gasteiger partial charge in [0, 0.05) is 24.3 Å². The van der Waals surface area contributed by atoms with E-state index in [9.17, 15) is 0 Å². The molecule has 20 heavy (non-hydrogen) atoms. The summed E-state index contributed by atoms with van der Waals surface area (Å²) < 4.78 is 0. The molecule has 1 aliphatic rings. The topological polar surface area (TPSA) is 28.2 Å². The summed E-state index contributed by atoms with van der Waals surface area (Å²) in [5.41, 5.74) is 2.58. The van der Waals surface area contributed by atoms with Crippen molar-refractivity contribution in [1.29, 1.82) is 0 Å². The van der Waals surface area contributed by atoms with Crippen molar-refractivity contribution in [2.45, 2.75) is 72.0 Å². The van der Waals surface area contributed by atoms with Gasteiger partial charge in [-0.15, -0.1) is 0 Å². The molecule has 112 valence electrons. The van der Waals surface area contributed by atoms with Crippen molar-refractivity contribution >= 4 is 5.82 Å². The van der Waals surface area contributed by atoms with E-state index in [1.165, 1.54) is 36.3 Å². The van der Waals surface area contributed by atoms with Crippen molar-refractivity contribution in [2.75, 3.05) is 11.4 Å². The first kappa shape index (κ1) is 15.3. The molecule has 1 aliphatic heterocycles. The molecule has 2 atom stereocenters. The largest absolute Gasteiger partial charge is 0.351 e. The van der Waals surface area contributed by atoms with Crippen LogP contribution in [0.3, 0.4) is 0 Å². The molecule has 0 radical (unpaired) electrons. The van der Waals surface area contributed by atoms with Crippen molar-refractivity contribution in [3.05, 3.63) is 23.4 Å². The maximum Gasteiger partial charge on any atom is 0.129 e. The van der Waals surface area contributed by atoms with Gasteiger partial charge in [-0.25, -0.2) is 4.98 Å². The highest BCUT2D eigenvalue weighted by Crippen LogP contribution is 2.31. The maximum absolute atomic E-state index is 4.89. The Labute approximate surface area is 123 Å². The molecule has 1 N–H and O–H groups in total. The minimum absolute atomic E-state index is 0.617. The number of hydrogen-bond acceptors (Lipinski definition) is 3. The van der Waals surface area contributed by atoms with Crippen LogP contribution < -0.4 is 10.2 Å². The Kier molecular flexibility index (Phi) is 5.41. The molecule has 1 aromatic rings. The summed E-state index contributed by atoms with van der Waals surface area (Å²) in [5.74, 6) is 1.19. The third-order valence-electron chi connectivity index (χ3n) is 4.39. The van der Waals surface area contributed by atoms with Crippen LogP contribution in [0.4, 0.5) is 5.82 Å². The lowest BCUT2D eigenvalue weighted by molar-refractivity contribution is 0.618. The Balaban J connectivity index is 2.29. The Bertz CT molecular complexity index is 430. The van der Waals surface area contributed by atoms with Crippen molar-refractivity contribution in [1.82, 2.24) is 10.3 Å². The number of pyridine rings is 1. The molecule has 0 bridgehead atoms. The summed E-state index contributed by atoms with van der Waals surface area (Å²) >= 11 is 0. The fraction of sp³-hybridized carbons (Fsp3) is 0.706. The lowest BCUT2D eigenvalue weighted by Crippen LogP contribution is -2.35. The first-order chi connectivity index (χ1) is 9.69. The molecule has 3 heteroatoms. The Morgan fingerprint density at radius 1 is 1.25 bits per heavy atom. The van der Waals surface area contributed by atoms with Gasteiger partial charge in [0.05, 0.1) is 0 Å². The fourth-order valence-electron chi connectivity index (χ4n) is 3.20. The molecule has 0 spiro atoms. The standard InChI is InChI=1S/C17H29N3/c1-5-15-10-14(12-18-7-3)11-17(19-15)20-13(4)8-9-16(20)6-2/h10-11,13,16,18H,5-9,12H2,1-4H3. The third-order valence-corrected chi connectivity index (χ3v) is 4.39. The summed E-state index contributed by atoms with van der Waals surface area (Å²) in [4.78, 5) is 7.44. The molecule has 0 aliphatic carbocycles. The Morgan fingerprint density at radius 2 is 2.05 bits per heavy atom. The molecule has 2 rings (SSSR count). The second-order valence-corrected chi connectivity index (χ2v) is 5.85. The highest BCUT2D eigenvalue weighted by atomic mass is 15.3. The minimum atomic E-state index is 0.617. The smallest absolute Gasteiger partial charge is 0.129 e. The lowest BCUT2D eigenvalue weighted by atomic mass is 10.1.